The SMILES string of the molecule is CCCC[C@@H](NC(=O)OCC1c2ccccc2-c2ccccc21)C(=O)OCc1ccc(OC)cc1. The molecule has 6 nitrogen and oxygen atoms in total. The summed E-state index contributed by atoms with van der Waals surface area (Å²) in [5, 5.41) is 2.72. The number of rotatable bonds is 10. The molecule has 0 fully saturated rings. The summed E-state index contributed by atoms with van der Waals surface area (Å²) in [4.78, 5) is 25.4. The lowest BCUT2D eigenvalue weighted by atomic mass is 9.98. The smallest absolute Gasteiger partial charge is 0.407 e. The molecule has 35 heavy (non-hydrogen) atoms. The lowest BCUT2D eigenvalue weighted by Crippen LogP contribution is -2.42. The van der Waals surface area contributed by atoms with Crippen LogP contribution < -0.4 is 10.1 Å². The summed E-state index contributed by atoms with van der Waals surface area (Å²) in [6.45, 7) is 2.35. The Bertz CT molecular complexity index is 1110. The first-order valence-electron chi connectivity index (χ1n) is 12.0. The monoisotopic (exact) mass is 473 g/mol. The van der Waals surface area contributed by atoms with E-state index in [4.69, 9.17) is 14.2 Å². The second-order valence-electron chi connectivity index (χ2n) is 8.62. The van der Waals surface area contributed by atoms with Gasteiger partial charge in [0.15, 0.2) is 0 Å². The third kappa shape index (κ3) is 5.83. The average Bonchev–Trinajstić information content (AvgIpc) is 3.22. The van der Waals surface area contributed by atoms with Crippen LogP contribution in [-0.4, -0.2) is 31.8 Å². The molecule has 0 spiro atoms. The van der Waals surface area contributed by atoms with Crippen molar-refractivity contribution in [1.29, 1.82) is 0 Å². The summed E-state index contributed by atoms with van der Waals surface area (Å²) in [7, 11) is 1.60. The molecule has 3 aromatic rings. The molecule has 1 N–H and O–H groups in total. The first-order valence-corrected chi connectivity index (χ1v) is 12.0. The van der Waals surface area contributed by atoms with Gasteiger partial charge in [0.2, 0.25) is 0 Å². The van der Waals surface area contributed by atoms with E-state index in [1.165, 1.54) is 11.1 Å². The van der Waals surface area contributed by atoms with Crippen molar-refractivity contribution in [1.82, 2.24) is 5.32 Å². The molecule has 4 rings (SSSR count). The molecule has 0 heterocycles. The number of methoxy groups -OCH3 is 1. The number of nitrogens with one attached hydrogen (secondary N) is 1. The number of carbonyl (C=O) groups is 2. The summed E-state index contributed by atoms with van der Waals surface area (Å²) in [5.74, 6) is 0.227. The number of alkyl carbamates (subject to hydrolysis) is 1. The predicted molar refractivity (Wildman–Crippen MR) is 134 cm³/mol. The first kappa shape index (κ1) is 24.3. The molecule has 1 amide bonds. The molecule has 0 radical (unpaired) electrons. The van der Waals surface area contributed by atoms with E-state index in [2.05, 4.69) is 29.6 Å². The fourth-order valence-corrected chi connectivity index (χ4v) is 4.42. The van der Waals surface area contributed by atoms with Crippen LogP contribution in [0.2, 0.25) is 0 Å². The predicted octanol–water partition coefficient (Wildman–Crippen LogP) is 5.84. The van der Waals surface area contributed by atoms with E-state index in [0.717, 1.165) is 35.3 Å². The van der Waals surface area contributed by atoms with Crippen molar-refractivity contribution in [2.75, 3.05) is 13.7 Å². The van der Waals surface area contributed by atoms with Gasteiger partial charge in [0.1, 0.15) is 25.0 Å². The van der Waals surface area contributed by atoms with Gasteiger partial charge in [0.05, 0.1) is 7.11 Å². The highest BCUT2D eigenvalue weighted by molar-refractivity contribution is 5.82. The maximum atomic E-state index is 12.8. The Morgan fingerprint density at radius 2 is 1.51 bits per heavy atom. The topological polar surface area (TPSA) is 73.9 Å². The van der Waals surface area contributed by atoms with Crippen LogP contribution in [0.5, 0.6) is 5.75 Å². The van der Waals surface area contributed by atoms with E-state index in [0.29, 0.717) is 6.42 Å². The number of ether oxygens (including phenoxy) is 3. The van der Waals surface area contributed by atoms with Crippen molar-refractivity contribution in [2.45, 2.75) is 44.8 Å². The van der Waals surface area contributed by atoms with Crippen molar-refractivity contribution < 1.29 is 23.8 Å². The second-order valence-corrected chi connectivity index (χ2v) is 8.62. The number of fused-ring (bicyclic) bond motifs is 3. The summed E-state index contributed by atoms with van der Waals surface area (Å²) < 4.78 is 16.3. The van der Waals surface area contributed by atoms with Crippen molar-refractivity contribution in [3.63, 3.8) is 0 Å². The van der Waals surface area contributed by atoms with Crippen molar-refractivity contribution in [3.05, 3.63) is 89.5 Å². The highest BCUT2D eigenvalue weighted by atomic mass is 16.6. The number of benzene rings is 3. The summed E-state index contributed by atoms with van der Waals surface area (Å²) in [5.41, 5.74) is 5.46. The van der Waals surface area contributed by atoms with Crippen LogP contribution in [0.4, 0.5) is 4.79 Å². The van der Waals surface area contributed by atoms with Gasteiger partial charge >= 0.3 is 12.1 Å². The quantitative estimate of drug-likeness (QED) is 0.375. The number of carbonyl (C=O) groups excluding carboxylic acids is 2. The number of hydrogen-bond donors (Lipinski definition) is 1. The van der Waals surface area contributed by atoms with Gasteiger partial charge in [-0.1, -0.05) is 80.4 Å². The Morgan fingerprint density at radius 1 is 0.886 bits per heavy atom. The van der Waals surface area contributed by atoms with Gasteiger partial charge in [0.25, 0.3) is 0 Å². The Kier molecular flexibility index (Phi) is 8.03. The van der Waals surface area contributed by atoms with Gasteiger partial charge in [0, 0.05) is 5.92 Å². The third-order valence-electron chi connectivity index (χ3n) is 6.31. The highest BCUT2D eigenvalue weighted by Crippen LogP contribution is 2.44. The molecule has 6 heteroatoms. The fraction of sp³-hybridized carbons (Fsp3) is 0.310. The van der Waals surface area contributed by atoms with Crippen molar-refractivity contribution in [2.24, 2.45) is 0 Å². The number of amides is 1. The van der Waals surface area contributed by atoms with Crippen LogP contribution in [0.3, 0.4) is 0 Å². The molecule has 1 atom stereocenters. The van der Waals surface area contributed by atoms with Crippen LogP contribution >= 0.6 is 0 Å². The zero-order valence-electron chi connectivity index (χ0n) is 20.2. The molecular formula is C29H31NO5. The minimum absolute atomic E-state index is 0.0377. The summed E-state index contributed by atoms with van der Waals surface area (Å²) >= 11 is 0. The largest absolute Gasteiger partial charge is 0.497 e. The molecule has 0 saturated carbocycles. The zero-order chi connectivity index (χ0) is 24.6. The first-order chi connectivity index (χ1) is 17.1. The van der Waals surface area contributed by atoms with E-state index in [-0.39, 0.29) is 19.1 Å². The van der Waals surface area contributed by atoms with Crippen LogP contribution in [0.1, 0.15) is 48.8 Å². The average molecular weight is 474 g/mol. The van der Waals surface area contributed by atoms with Crippen molar-refractivity contribution in [3.8, 4) is 16.9 Å². The maximum absolute atomic E-state index is 12.8. The summed E-state index contributed by atoms with van der Waals surface area (Å²) in [6.07, 6.45) is 1.55. The number of hydrogen-bond acceptors (Lipinski definition) is 5. The molecule has 3 aromatic carbocycles. The van der Waals surface area contributed by atoms with Gasteiger partial charge in [-0.05, 0) is 46.4 Å². The summed E-state index contributed by atoms with van der Waals surface area (Å²) in [6, 6.07) is 22.9. The lowest BCUT2D eigenvalue weighted by molar-refractivity contribution is -0.147. The van der Waals surface area contributed by atoms with Crippen LogP contribution in [0, 0.1) is 0 Å². The van der Waals surface area contributed by atoms with Gasteiger partial charge in [-0.2, -0.15) is 0 Å². The molecule has 0 unspecified atom stereocenters. The van der Waals surface area contributed by atoms with E-state index in [1.54, 1.807) is 7.11 Å². The van der Waals surface area contributed by atoms with Crippen LogP contribution in [0.15, 0.2) is 72.8 Å². The minimum atomic E-state index is -0.760. The standard InChI is InChI=1S/C29H31NO5/c1-3-4-13-27(28(31)34-18-20-14-16-21(33-2)17-15-20)30-29(32)35-19-26-24-11-7-5-9-22(24)23-10-6-8-12-25(23)26/h5-12,14-17,26-27H,3-4,13,18-19H2,1-2H3,(H,30,32)/t27-/m1/s1. The van der Waals surface area contributed by atoms with Crippen LogP contribution in [0.25, 0.3) is 11.1 Å². The van der Waals surface area contributed by atoms with E-state index >= 15 is 0 Å². The Labute approximate surface area is 206 Å². The highest BCUT2D eigenvalue weighted by Gasteiger charge is 2.30. The third-order valence-corrected chi connectivity index (χ3v) is 6.31. The number of esters is 1. The van der Waals surface area contributed by atoms with Crippen molar-refractivity contribution >= 4 is 12.1 Å². The van der Waals surface area contributed by atoms with E-state index in [9.17, 15) is 9.59 Å². The van der Waals surface area contributed by atoms with Gasteiger partial charge in [-0.15, -0.1) is 0 Å². The zero-order valence-corrected chi connectivity index (χ0v) is 20.2. The van der Waals surface area contributed by atoms with Gasteiger partial charge < -0.3 is 19.5 Å². The molecule has 182 valence electrons. The number of unbranched alkanes of at least 4 members (excludes halogenated alkanes) is 1. The van der Waals surface area contributed by atoms with Gasteiger partial charge in [-0.25, -0.2) is 9.59 Å². The molecule has 0 aromatic heterocycles. The molecule has 1 aliphatic carbocycles. The molecular weight excluding hydrogens is 442 g/mol. The second kappa shape index (κ2) is 11.6. The maximum Gasteiger partial charge on any atom is 0.407 e. The molecule has 1 aliphatic rings. The fourth-order valence-electron chi connectivity index (χ4n) is 4.42. The van der Waals surface area contributed by atoms with E-state index < -0.39 is 18.1 Å². The van der Waals surface area contributed by atoms with E-state index in [1.807, 2.05) is 55.5 Å². The normalized spacial score (nSPS) is 12.9. The Balaban J connectivity index is 1.35. The molecule has 0 bridgehead atoms. The minimum Gasteiger partial charge on any atom is -0.497 e. The Hall–Kier alpha value is -3.80. The van der Waals surface area contributed by atoms with Crippen LogP contribution in [-0.2, 0) is 20.9 Å². The molecule has 0 aliphatic heterocycles. The van der Waals surface area contributed by atoms with Gasteiger partial charge in [-0.3, -0.25) is 0 Å². The molecule has 0 saturated heterocycles. The lowest BCUT2D eigenvalue weighted by Gasteiger charge is -2.19. The Morgan fingerprint density at radius 3 is 2.11 bits per heavy atom.